The summed E-state index contributed by atoms with van der Waals surface area (Å²) in [7, 11) is 1.53. The Labute approximate surface area is 597 Å². The van der Waals surface area contributed by atoms with Crippen molar-refractivity contribution >= 4 is 152 Å². The standard InChI is InChI=1S/3C18H15P.C14H15O2PS2.3Ag.3H2S.S.W/c3*1-4-10-16(11-5-1)19(17-12-6-2-7-13-17)18-14-8-3-9-15-18;18-17(19,15-11-13-7-3-1-4-8-13)16-12-14-9-5-2-6-10-14;;;;;;;;/h3*1-15H;1-10H,11-12H2,(H,18,19);;;;3*1H2;;/q;;;;;;+1;;;;;/p-1. The van der Waals surface area contributed by atoms with Crippen LogP contribution in [0.2, 0.25) is 0 Å². The molecule has 0 fully saturated rings. The van der Waals surface area contributed by atoms with Crippen LogP contribution in [0.4, 0.5) is 0 Å². The number of benzene rings is 11. The minimum atomic E-state index is -2.61. The van der Waals surface area contributed by atoms with E-state index in [0.29, 0.717) is 13.2 Å². The Morgan fingerprint density at radius 2 is 0.381 bits per heavy atom. The molecule has 0 heterocycles. The molecule has 0 saturated carbocycles. The molecule has 0 aliphatic heterocycles. The van der Waals surface area contributed by atoms with Crippen molar-refractivity contribution in [3.63, 3.8) is 0 Å². The average Bonchev–Trinajstić information content (AvgIpc) is 3.55. The van der Waals surface area contributed by atoms with E-state index in [-0.39, 0.29) is 108 Å². The molecule has 0 spiro atoms. The van der Waals surface area contributed by atoms with Gasteiger partial charge >= 0.3 is 50.2 Å². The Bertz CT molecular complexity index is 2700. The summed E-state index contributed by atoms with van der Waals surface area (Å²) in [6.45, 7) is 0.798. The Morgan fingerprint density at radius 1 is 0.262 bits per heavy atom. The summed E-state index contributed by atoms with van der Waals surface area (Å²) in [5.41, 5.74) is 2.09. The maximum Gasteiger partial charge on any atom is 0.102 e. The van der Waals surface area contributed by atoms with Gasteiger partial charge in [0.2, 0.25) is 0 Å². The van der Waals surface area contributed by atoms with Crippen molar-refractivity contribution in [2.24, 2.45) is 0 Å². The summed E-state index contributed by atoms with van der Waals surface area (Å²) in [4.78, 5) is 0. The molecule has 84 heavy (non-hydrogen) atoms. The SMILES string of the molecule is [Ag+].[Ag].[Ag].[S-][P+]([S-])(OCc1ccccc1)OCc1ccccc1.[SH-].[SH-].[SH-].[S]=[W].c1ccc([PH+](c2ccccc2)c2ccccc2)cc1.c1ccc([PH+](c2ccccc2)c2ccccc2)cc1.c1ccc([PH+](c2ccccc2)c2ccccc2)cc1. The molecule has 0 unspecified atom stereocenters. The van der Waals surface area contributed by atoms with Gasteiger partial charge in [-0.15, -0.1) is 0 Å². The average molecular weight is 1740 g/mol. The third-order valence-electron chi connectivity index (χ3n) is 12.0. The Hall–Kier alpha value is -2.06. The smallest absolute Gasteiger partial charge is 0.0620 e. The van der Waals surface area contributed by atoms with Gasteiger partial charge in [-0.2, -0.15) is 0 Å². The molecular weight excluding hydrogens is 1670 g/mol. The van der Waals surface area contributed by atoms with E-state index in [4.69, 9.17) is 33.5 Å². The van der Waals surface area contributed by atoms with E-state index < -0.39 is 29.9 Å². The van der Waals surface area contributed by atoms with E-state index in [0.717, 1.165) is 11.1 Å². The first-order chi connectivity index (χ1) is 38.5. The predicted molar refractivity (Wildman–Crippen MR) is 378 cm³/mol. The Morgan fingerprint density at radius 3 is 0.512 bits per heavy atom. The number of thiol groups is 3. The van der Waals surface area contributed by atoms with E-state index in [9.17, 15) is 0 Å². The summed E-state index contributed by atoms with van der Waals surface area (Å²) < 4.78 is 11.1. The van der Waals surface area contributed by atoms with Crippen LogP contribution in [-0.2, 0) is 172 Å². The van der Waals surface area contributed by atoms with Gasteiger partial charge in [-0.1, -0.05) is 224 Å². The molecule has 0 bridgehead atoms. The molecule has 2 nitrogen and oxygen atoms in total. The van der Waals surface area contributed by atoms with Crippen LogP contribution in [0.25, 0.3) is 0 Å². The number of hydrogen-bond acceptors (Lipinski definition) is 8. The minimum Gasteiger partial charge on any atom is -0.0620 e. The molecule has 11 rings (SSSR count). The molecule has 0 aromatic heterocycles. The molecule has 0 N–H and O–H groups in total. The fourth-order valence-electron chi connectivity index (χ4n) is 8.44. The van der Waals surface area contributed by atoms with Crippen molar-refractivity contribution < 1.29 is 94.2 Å². The maximum absolute atomic E-state index is 5.56. The second-order valence-corrected chi connectivity index (χ2v) is 29.8. The summed E-state index contributed by atoms with van der Waals surface area (Å²) in [6, 6.07) is 117. The van der Waals surface area contributed by atoms with Crippen LogP contribution in [0.1, 0.15) is 11.1 Å². The van der Waals surface area contributed by atoms with Crippen LogP contribution < -0.4 is 47.7 Å². The zero-order valence-electron chi connectivity index (χ0n) is 45.3. The second kappa shape index (κ2) is 47.0. The van der Waals surface area contributed by atoms with E-state index in [2.05, 4.69) is 283 Å². The summed E-state index contributed by atoms with van der Waals surface area (Å²) in [5.74, 6) is 0. The molecule has 0 aliphatic rings. The normalized spacial score (nSPS) is 9.82. The molecule has 11 aromatic rings. The van der Waals surface area contributed by atoms with Gasteiger partial charge in [0.05, 0.1) is 23.8 Å². The van der Waals surface area contributed by atoms with Crippen LogP contribution >= 0.6 is 39.7 Å². The molecular formula is C68H65Ag3O2P4S6W. The van der Waals surface area contributed by atoms with Gasteiger partial charge in [0.1, 0.15) is 61.0 Å². The largest absolute Gasteiger partial charge is 0.102 e. The van der Waals surface area contributed by atoms with Crippen LogP contribution in [-0.4, -0.2) is 0 Å². The van der Waals surface area contributed by atoms with Gasteiger partial charge in [-0.05, 0) is 120 Å². The van der Waals surface area contributed by atoms with Crippen molar-refractivity contribution in [1.29, 1.82) is 0 Å². The number of hydrogen-bond donors (Lipinski definition) is 0. The molecule has 0 atom stereocenters. The van der Waals surface area contributed by atoms with Gasteiger partial charge in [0.25, 0.3) is 0 Å². The van der Waals surface area contributed by atoms with Crippen LogP contribution in [0.3, 0.4) is 0 Å². The first-order valence-electron chi connectivity index (χ1n) is 25.4. The van der Waals surface area contributed by atoms with E-state index >= 15 is 0 Å². The van der Waals surface area contributed by atoms with Crippen molar-refractivity contribution in [2.75, 3.05) is 0 Å². The molecule has 444 valence electrons. The van der Waals surface area contributed by atoms with Gasteiger partial charge in [0.15, 0.2) is 0 Å². The molecule has 2 radical (unpaired) electrons. The van der Waals surface area contributed by atoms with Gasteiger partial charge in [-0.3, -0.25) is 0 Å². The van der Waals surface area contributed by atoms with E-state index in [1.165, 1.54) is 65.7 Å². The number of rotatable bonds is 15. The first kappa shape index (κ1) is 80.0. The van der Waals surface area contributed by atoms with Crippen molar-refractivity contribution in [1.82, 2.24) is 0 Å². The molecule has 0 amide bonds. The molecule has 11 aromatic carbocycles. The van der Waals surface area contributed by atoms with E-state index in [1.54, 1.807) is 0 Å². The molecule has 0 saturated heterocycles. The first-order valence-corrected chi connectivity index (χ1v) is 37.5. The van der Waals surface area contributed by atoms with Crippen LogP contribution in [0.15, 0.2) is 334 Å². The summed E-state index contributed by atoms with van der Waals surface area (Å²) >= 11 is 11.6. The zero-order valence-corrected chi connectivity index (χ0v) is 61.7. The van der Waals surface area contributed by atoms with Crippen LogP contribution in [0, 0.1) is 0 Å². The van der Waals surface area contributed by atoms with Gasteiger partial charge in [-0.25, -0.2) is 9.05 Å². The maximum atomic E-state index is 5.56. The Kier molecular flexibility index (Phi) is 44.7. The fourth-order valence-corrected chi connectivity index (χ4v) is 17.5. The summed E-state index contributed by atoms with van der Waals surface area (Å²) in [6.07, 6.45) is -2.61. The quantitative estimate of drug-likeness (QED) is 0.0432. The molecule has 16 heteroatoms. The van der Waals surface area contributed by atoms with E-state index in [1.807, 2.05) is 60.7 Å². The van der Waals surface area contributed by atoms with Crippen molar-refractivity contribution in [2.45, 2.75) is 13.2 Å². The monoisotopic (exact) mass is 1730 g/mol. The Balaban J connectivity index is 0.000000541. The molecule has 0 aliphatic carbocycles. The topological polar surface area (TPSA) is 18.5 Å². The van der Waals surface area contributed by atoms with Crippen molar-refractivity contribution in [3.8, 4) is 0 Å². The minimum absolute atomic E-state index is 0. The van der Waals surface area contributed by atoms with Crippen molar-refractivity contribution in [3.05, 3.63) is 345 Å². The zero-order chi connectivity index (χ0) is 54.3. The third-order valence-corrected chi connectivity index (χ3v) is 22.4. The second-order valence-electron chi connectivity index (χ2n) is 17.4. The van der Waals surface area contributed by atoms with Gasteiger partial charge in [0, 0.05) is 50.9 Å². The fraction of sp³-hybridized carbons (Fsp3) is 0.0294. The third kappa shape index (κ3) is 27.8. The van der Waals surface area contributed by atoms with Gasteiger partial charge < -0.3 is 65.0 Å². The summed E-state index contributed by atoms with van der Waals surface area (Å²) in [5, 5.41) is 12.9. The predicted octanol–water partition coefficient (Wildman–Crippen LogP) is 13.6. The van der Waals surface area contributed by atoms with Crippen LogP contribution in [0.5, 0.6) is 0 Å².